The minimum atomic E-state index is 0.203. The van der Waals surface area contributed by atoms with Crippen molar-refractivity contribution in [3.63, 3.8) is 0 Å². The highest BCUT2D eigenvalue weighted by molar-refractivity contribution is 5.75. The Labute approximate surface area is 86.8 Å². The van der Waals surface area contributed by atoms with Crippen LogP contribution in [-0.2, 0) is 4.79 Å². The minimum absolute atomic E-state index is 0.203. The summed E-state index contributed by atoms with van der Waals surface area (Å²) in [5.74, 6) is 0.203. The number of allylic oxidation sites excluding steroid dienone is 1. The molecule has 1 N–H and O–H groups in total. The average molecular weight is 195 g/mol. The zero-order valence-electron chi connectivity index (χ0n) is 8.93. The molecule has 0 aromatic heterocycles. The molecule has 2 heteroatoms. The fourth-order valence-corrected chi connectivity index (χ4v) is 1.72. The lowest BCUT2D eigenvalue weighted by molar-refractivity contribution is -0.121. The number of carbonyl (C=O) groups excluding carboxylic acids is 1. The van der Waals surface area contributed by atoms with Gasteiger partial charge in [0.25, 0.3) is 0 Å². The second-order valence-corrected chi connectivity index (χ2v) is 3.94. The van der Waals surface area contributed by atoms with Gasteiger partial charge in [-0.05, 0) is 19.3 Å². The Hall–Kier alpha value is -0.790. The Kier molecular flexibility index (Phi) is 6.13. The van der Waals surface area contributed by atoms with Crippen LogP contribution >= 0.6 is 0 Å². The van der Waals surface area contributed by atoms with E-state index in [9.17, 15) is 4.79 Å². The topological polar surface area (TPSA) is 29.1 Å². The highest BCUT2D eigenvalue weighted by atomic mass is 16.1. The Bertz CT molecular complexity index is 187. The maximum Gasteiger partial charge on any atom is 0.220 e. The van der Waals surface area contributed by atoms with Gasteiger partial charge >= 0.3 is 0 Å². The van der Waals surface area contributed by atoms with Gasteiger partial charge in [-0.15, -0.1) is 0 Å². The first-order valence-corrected chi connectivity index (χ1v) is 5.81. The molecule has 0 saturated heterocycles. The number of hydrogen-bond acceptors (Lipinski definition) is 1. The molecule has 1 amide bonds. The van der Waals surface area contributed by atoms with Gasteiger partial charge < -0.3 is 5.32 Å². The molecule has 0 aromatic carbocycles. The van der Waals surface area contributed by atoms with Crippen molar-refractivity contribution in [2.45, 2.75) is 51.4 Å². The summed E-state index contributed by atoms with van der Waals surface area (Å²) >= 11 is 0. The molecule has 80 valence electrons. The maximum absolute atomic E-state index is 11.2. The molecule has 1 aliphatic heterocycles. The summed E-state index contributed by atoms with van der Waals surface area (Å²) in [7, 11) is 0. The fraction of sp³-hybridized carbons (Fsp3) is 0.750. The molecule has 0 atom stereocenters. The summed E-state index contributed by atoms with van der Waals surface area (Å²) in [5.41, 5.74) is 0. The normalized spacial score (nSPS) is 23.9. The van der Waals surface area contributed by atoms with Gasteiger partial charge in [0, 0.05) is 13.0 Å². The van der Waals surface area contributed by atoms with E-state index in [0.717, 1.165) is 12.8 Å². The van der Waals surface area contributed by atoms with Crippen LogP contribution in [0.15, 0.2) is 12.2 Å². The van der Waals surface area contributed by atoms with Crippen molar-refractivity contribution in [2.75, 3.05) is 6.54 Å². The van der Waals surface area contributed by atoms with Crippen molar-refractivity contribution in [3.8, 4) is 0 Å². The minimum Gasteiger partial charge on any atom is -0.353 e. The summed E-state index contributed by atoms with van der Waals surface area (Å²) in [6, 6.07) is 0. The van der Waals surface area contributed by atoms with Crippen molar-refractivity contribution >= 4 is 5.91 Å². The predicted molar refractivity (Wildman–Crippen MR) is 59.1 cm³/mol. The largest absolute Gasteiger partial charge is 0.353 e. The van der Waals surface area contributed by atoms with E-state index < -0.39 is 0 Å². The maximum atomic E-state index is 11.2. The number of nitrogens with one attached hydrogen (secondary N) is 1. The van der Waals surface area contributed by atoms with E-state index >= 15 is 0 Å². The number of amides is 1. The van der Waals surface area contributed by atoms with Crippen molar-refractivity contribution < 1.29 is 4.79 Å². The lowest BCUT2D eigenvalue weighted by Crippen LogP contribution is -2.22. The van der Waals surface area contributed by atoms with Gasteiger partial charge in [0.1, 0.15) is 0 Å². The Balaban J connectivity index is 2.23. The highest BCUT2D eigenvalue weighted by Gasteiger charge is 1.99. The first-order valence-electron chi connectivity index (χ1n) is 5.81. The van der Waals surface area contributed by atoms with Crippen LogP contribution in [0.3, 0.4) is 0 Å². The van der Waals surface area contributed by atoms with Crippen molar-refractivity contribution in [3.05, 3.63) is 12.2 Å². The molecule has 14 heavy (non-hydrogen) atoms. The number of carbonyl (C=O) groups is 1. The first kappa shape index (κ1) is 11.3. The van der Waals surface area contributed by atoms with E-state index in [4.69, 9.17) is 0 Å². The van der Waals surface area contributed by atoms with Crippen LogP contribution in [-0.4, -0.2) is 12.5 Å². The van der Waals surface area contributed by atoms with E-state index in [-0.39, 0.29) is 5.91 Å². The van der Waals surface area contributed by atoms with Crippen LogP contribution in [0.1, 0.15) is 51.4 Å². The van der Waals surface area contributed by atoms with Gasteiger partial charge in [0.2, 0.25) is 5.91 Å². The zero-order chi connectivity index (χ0) is 10.1. The third kappa shape index (κ3) is 5.79. The van der Waals surface area contributed by atoms with Gasteiger partial charge in [-0.1, -0.05) is 37.8 Å². The SMILES string of the molecule is O=C1CCCCCCCC/C=C/CN1. The van der Waals surface area contributed by atoms with Crippen LogP contribution in [0.4, 0.5) is 0 Å². The molecule has 1 rings (SSSR count). The first-order chi connectivity index (χ1) is 6.89. The number of hydrogen-bond donors (Lipinski definition) is 1. The number of rotatable bonds is 0. The lowest BCUT2D eigenvalue weighted by atomic mass is 10.1. The summed E-state index contributed by atoms with van der Waals surface area (Å²) in [4.78, 5) is 11.2. The van der Waals surface area contributed by atoms with Gasteiger partial charge in [0.15, 0.2) is 0 Å². The molecule has 0 spiro atoms. The molecule has 0 unspecified atom stereocenters. The molecule has 0 saturated carbocycles. The second kappa shape index (κ2) is 7.60. The lowest BCUT2D eigenvalue weighted by Gasteiger charge is -2.01. The summed E-state index contributed by atoms with van der Waals surface area (Å²) in [6.07, 6.45) is 13.6. The molecular weight excluding hydrogens is 174 g/mol. The molecule has 1 heterocycles. The third-order valence-electron chi connectivity index (χ3n) is 2.61. The van der Waals surface area contributed by atoms with E-state index in [1.54, 1.807) is 0 Å². The smallest absolute Gasteiger partial charge is 0.220 e. The monoisotopic (exact) mass is 195 g/mol. The molecule has 1 aliphatic rings. The Morgan fingerprint density at radius 3 is 2.50 bits per heavy atom. The second-order valence-electron chi connectivity index (χ2n) is 3.94. The van der Waals surface area contributed by atoms with E-state index in [1.807, 2.05) is 0 Å². The average Bonchev–Trinajstić information content (AvgIpc) is 2.20. The molecule has 0 bridgehead atoms. The fourth-order valence-electron chi connectivity index (χ4n) is 1.72. The van der Waals surface area contributed by atoms with Crippen LogP contribution in [0.2, 0.25) is 0 Å². The predicted octanol–water partition coefficient (Wildman–Crippen LogP) is 2.79. The molecular formula is C12H21NO. The van der Waals surface area contributed by atoms with E-state index in [1.165, 1.54) is 32.1 Å². The third-order valence-corrected chi connectivity index (χ3v) is 2.61. The van der Waals surface area contributed by atoms with E-state index in [0.29, 0.717) is 13.0 Å². The van der Waals surface area contributed by atoms with Crippen molar-refractivity contribution in [1.29, 1.82) is 0 Å². The highest BCUT2D eigenvalue weighted by Crippen LogP contribution is 2.09. The van der Waals surface area contributed by atoms with Crippen LogP contribution < -0.4 is 5.32 Å². The standard InChI is InChI=1S/C12H21NO/c14-12-10-8-6-4-2-1-3-5-7-9-11-13-12/h7,9H,1-6,8,10-11H2,(H,13,14)/b9-7+. The Morgan fingerprint density at radius 1 is 0.929 bits per heavy atom. The van der Waals surface area contributed by atoms with Gasteiger partial charge in [-0.25, -0.2) is 0 Å². The van der Waals surface area contributed by atoms with Crippen LogP contribution in [0, 0.1) is 0 Å². The molecule has 0 aliphatic carbocycles. The quantitative estimate of drug-likeness (QED) is 0.592. The molecule has 0 fully saturated rings. The summed E-state index contributed by atoms with van der Waals surface area (Å²) in [6.45, 7) is 0.707. The van der Waals surface area contributed by atoms with Gasteiger partial charge in [0.05, 0.1) is 0 Å². The van der Waals surface area contributed by atoms with Gasteiger partial charge in [-0.3, -0.25) is 4.79 Å². The molecule has 2 nitrogen and oxygen atoms in total. The summed E-state index contributed by atoms with van der Waals surface area (Å²) < 4.78 is 0. The molecule has 0 aromatic rings. The summed E-state index contributed by atoms with van der Waals surface area (Å²) in [5, 5.41) is 2.90. The van der Waals surface area contributed by atoms with Crippen molar-refractivity contribution in [1.82, 2.24) is 5.32 Å². The van der Waals surface area contributed by atoms with Gasteiger partial charge in [-0.2, -0.15) is 0 Å². The van der Waals surface area contributed by atoms with E-state index in [2.05, 4.69) is 17.5 Å². The van der Waals surface area contributed by atoms with Crippen LogP contribution in [0.25, 0.3) is 0 Å². The van der Waals surface area contributed by atoms with Crippen LogP contribution in [0.5, 0.6) is 0 Å². The molecule has 0 radical (unpaired) electrons. The van der Waals surface area contributed by atoms with Crippen molar-refractivity contribution in [2.24, 2.45) is 0 Å². The zero-order valence-corrected chi connectivity index (χ0v) is 8.93. The Morgan fingerprint density at radius 2 is 1.64 bits per heavy atom.